The van der Waals surface area contributed by atoms with Crippen molar-refractivity contribution >= 4 is 28.5 Å². The van der Waals surface area contributed by atoms with Gasteiger partial charge in [0.1, 0.15) is 0 Å². The monoisotopic (exact) mass is 342 g/mol. The molecule has 1 amide bonds. The third kappa shape index (κ3) is 5.37. The molecule has 0 aliphatic carbocycles. The number of rotatable bonds is 7. The molecule has 126 valence electrons. The zero-order valence-corrected chi connectivity index (χ0v) is 14.4. The molecule has 0 spiro atoms. The number of nitrogens with two attached hydrogens (primary N) is 1. The van der Waals surface area contributed by atoms with Gasteiger partial charge in [-0.1, -0.05) is 13.8 Å². The maximum absolute atomic E-state index is 12.4. The molecule has 1 saturated heterocycles. The Kier molecular flexibility index (Phi) is 9.39. The van der Waals surface area contributed by atoms with Gasteiger partial charge in [0.2, 0.25) is 5.91 Å². The highest BCUT2D eigenvalue weighted by molar-refractivity contribution is 7.86. The summed E-state index contributed by atoms with van der Waals surface area (Å²) in [4.78, 5) is 11.9. The van der Waals surface area contributed by atoms with Crippen molar-refractivity contribution in [3.05, 3.63) is 0 Å². The van der Waals surface area contributed by atoms with Crippen molar-refractivity contribution < 1.29 is 13.2 Å². The highest BCUT2D eigenvalue weighted by Gasteiger charge is 2.34. The largest absolute Gasteiger partial charge is 0.355 e. The van der Waals surface area contributed by atoms with Crippen molar-refractivity contribution in [3.8, 4) is 0 Å². The molecule has 0 saturated carbocycles. The third-order valence-electron chi connectivity index (χ3n) is 3.56. The van der Waals surface area contributed by atoms with Crippen LogP contribution in [-0.2, 0) is 15.0 Å². The number of hydrogen-bond donors (Lipinski definition) is 2. The van der Waals surface area contributed by atoms with Gasteiger partial charge in [-0.2, -0.15) is 17.0 Å². The molecule has 21 heavy (non-hydrogen) atoms. The molecule has 0 aromatic carbocycles. The first-order valence-corrected chi connectivity index (χ1v) is 8.60. The molecular weight excluding hydrogens is 316 g/mol. The number of hydrogen-bond acceptors (Lipinski definition) is 4. The molecule has 0 radical (unpaired) electrons. The van der Waals surface area contributed by atoms with Gasteiger partial charge >= 0.3 is 0 Å². The van der Waals surface area contributed by atoms with Crippen molar-refractivity contribution in [1.29, 1.82) is 0 Å². The van der Waals surface area contributed by atoms with Gasteiger partial charge in [-0.25, -0.2) is 0 Å². The molecule has 0 aromatic rings. The third-order valence-corrected chi connectivity index (χ3v) is 5.71. The number of carbonyl (C=O) groups excluding carboxylic acids is 1. The average molecular weight is 343 g/mol. The summed E-state index contributed by atoms with van der Waals surface area (Å²) in [6, 6.07) is 0. The molecule has 1 aliphatic heterocycles. The maximum Gasteiger partial charge on any atom is 0.281 e. The fourth-order valence-electron chi connectivity index (χ4n) is 2.42. The number of carbonyl (C=O) groups is 1. The number of piperidine rings is 1. The average Bonchev–Trinajstić information content (AvgIpc) is 2.46. The van der Waals surface area contributed by atoms with Crippen LogP contribution in [0.5, 0.6) is 0 Å². The first-order valence-electron chi connectivity index (χ1n) is 7.20. The Labute approximate surface area is 133 Å². The van der Waals surface area contributed by atoms with E-state index in [1.165, 1.54) is 8.61 Å². The van der Waals surface area contributed by atoms with Crippen LogP contribution in [0, 0.1) is 5.92 Å². The van der Waals surface area contributed by atoms with E-state index in [4.69, 9.17) is 5.73 Å². The summed E-state index contributed by atoms with van der Waals surface area (Å²) in [6.45, 7) is 6.08. The van der Waals surface area contributed by atoms with E-state index in [1.807, 2.05) is 13.8 Å². The van der Waals surface area contributed by atoms with Crippen LogP contribution in [0.25, 0.3) is 0 Å². The van der Waals surface area contributed by atoms with Gasteiger partial charge in [0.25, 0.3) is 10.2 Å². The van der Waals surface area contributed by atoms with Crippen LogP contribution in [0.1, 0.15) is 26.7 Å². The van der Waals surface area contributed by atoms with Gasteiger partial charge in [0, 0.05) is 39.3 Å². The molecule has 1 unspecified atom stereocenters. The van der Waals surface area contributed by atoms with E-state index < -0.39 is 10.2 Å². The Hall–Kier alpha value is -0.410. The molecule has 7 nitrogen and oxygen atoms in total. The summed E-state index contributed by atoms with van der Waals surface area (Å²) in [7, 11) is -3.45. The summed E-state index contributed by atoms with van der Waals surface area (Å²) >= 11 is 0. The molecule has 0 aromatic heterocycles. The second-order valence-corrected chi connectivity index (χ2v) is 6.80. The highest BCUT2D eigenvalue weighted by atomic mass is 35.5. The minimum atomic E-state index is -3.45. The number of nitrogens with one attached hydrogen (secondary N) is 1. The van der Waals surface area contributed by atoms with Gasteiger partial charge in [-0.3, -0.25) is 4.79 Å². The summed E-state index contributed by atoms with van der Waals surface area (Å²) in [6.07, 6.45) is 1.43. The summed E-state index contributed by atoms with van der Waals surface area (Å²) in [5, 5.41) is 2.73. The molecule has 1 aliphatic rings. The quantitative estimate of drug-likeness (QED) is 0.668. The van der Waals surface area contributed by atoms with E-state index in [0.717, 1.165) is 6.42 Å². The fourth-order valence-corrected chi connectivity index (χ4v) is 4.13. The summed E-state index contributed by atoms with van der Waals surface area (Å²) < 4.78 is 27.7. The van der Waals surface area contributed by atoms with Crippen LogP contribution in [0.15, 0.2) is 0 Å². The number of halogens is 1. The van der Waals surface area contributed by atoms with Crippen molar-refractivity contribution in [2.45, 2.75) is 26.7 Å². The van der Waals surface area contributed by atoms with Gasteiger partial charge in [-0.05, 0) is 12.8 Å². The van der Waals surface area contributed by atoms with Crippen LogP contribution < -0.4 is 11.1 Å². The van der Waals surface area contributed by atoms with Gasteiger partial charge < -0.3 is 11.1 Å². The van der Waals surface area contributed by atoms with Crippen LogP contribution in [0.3, 0.4) is 0 Å². The molecule has 9 heteroatoms. The smallest absolute Gasteiger partial charge is 0.281 e. The molecule has 0 bridgehead atoms. The molecule has 1 rings (SSSR count). The summed E-state index contributed by atoms with van der Waals surface area (Å²) in [5.74, 6) is -0.379. The minimum absolute atomic E-state index is 0. The SMILES string of the molecule is CCN(CC)S(=O)(=O)N1CCCC(C(=O)NCCN)C1.Cl. The summed E-state index contributed by atoms with van der Waals surface area (Å²) in [5.41, 5.74) is 5.35. The number of amides is 1. The van der Waals surface area contributed by atoms with Crippen molar-refractivity contribution in [2.75, 3.05) is 39.3 Å². The van der Waals surface area contributed by atoms with Crippen molar-refractivity contribution in [3.63, 3.8) is 0 Å². The predicted molar refractivity (Wildman–Crippen MR) is 85.4 cm³/mol. The van der Waals surface area contributed by atoms with Gasteiger partial charge in [0.05, 0.1) is 5.92 Å². The van der Waals surface area contributed by atoms with E-state index in [1.54, 1.807) is 0 Å². The molecular formula is C12H27ClN4O3S. The fraction of sp³-hybridized carbons (Fsp3) is 0.917. The van der Waals surface area contributed by atoms with E-state index in [2.05, 4.69) is 5.32 Å². The van der Waals surface area contributed by atoms with Crippen LogP contribution in [0.4, 0.5) is 0 Å². The Morgan fingerprint density at radius 3 is 2.52 bits per heavy atom. The van der Waals surface area contributed by atoms with Gasteiger partial charge in [0.15, 0.2) is 0 Å². The van der Waals surface area contributed by atoms with Crippen molar-refractivity contribution in [2.24, 2.45) is 11.7 Å². The first-order chi connectivity index (χ1) is 9.47. The zero-order valence-electron chi connectivity index (χ0n) is 12.7. The number of nitrogens with zero attached hydrogens (tertiary/aromatic N) is 2. The topological polar surface area (TPSA) is 95.7 Å². The predicted octanol–water partition coefficient (Wildman–Crippen LogP) is -0.218. The Morgan fingerprint density at radius 2 is 2.00 bits per heavy atom. The maximum atomic E-state index is 12.4. The second kappa shape index (κ2) is 9.58. The zero-order chi connectivity index (χ0) is 15.2. The van der Waals surface area contributed by atoms with Crippen LogP contribution in [0.2, 0.25) is 0 Å². The lowest BCUT2D eigenvalue weighted by atomic mass is 9.99. The lowest BCUT2D eigenvalue weighted by Gasteiger charge is -2.34. The lowest BCUT2D eigenvalue weighted by Crippen LogP contribution is -2.50. The van der Waals surface area contributed by atoms with E-state index in [0.29, 0.717) is 39.1 Å². The van der Waals surface area contributed by atoms with Gasteiger partial charge in [-0.15, -0.1) is 12.4 Å². The Morgan fingerprint density at radius 1 is 1.38 bits per heavy atom. The molecule has 3 N–H and O–H groups in total. The highest BCUT2D eigenvalue weighted by Crippen LogP contribution is 2.21. The van der Waals surface area contributed by atoms with Crippen LogP contribution >= 0.6 is 12.4 Å². The molecule has 1 fully saturated rings. The Balaban J connectivity index is 0.00000400. The molecule has 1 heterocycles. The minimum Gasteiger partial charge on any atom is -0.355 e. The van der Waals surface area contributed by atoms with E-state index >= 15 is 0 Å². The second-order valence-electron chi connectivity index (χ2n) is 4.87. The molecule has 1 atom stereocenters. The lowest BCUT2D eigenvalue weighted by molar-refractivity contribution is -0.126. The van der Waals surface area contributed by atoms with Crippen LogP contribution in [-0.4, -0.2) is 62.2 Å². The van der Waals surface area contributed by atoms with E-state index in [-0.39, 0.29) is 30.8 Å². The van der Waals surface area contributed by atoms with Crippen molar-refractivity contribution in [1.82, 2.24) is 13.9 Å². The Bertz CT molecular complexity index is 415. The normalized spacial score (nSPS) is 20.1. The van der Waals surface area contributed by atoms with E-state index in [9.17, 15) is 13.2 Å². The first kappa shape index (κ1) is 20.6. The standard InChI is InChI=1S/C12H26N4O3S.ClH/c1-3-15(4-2)20(18,19)16-9-5-6-11(10-16)12(17)14-8-7-13;/h11H,3-10,13H2,1-2H3,(H,14,17);1H.